The summed E-state index contributed by atoms with van der Waals surface area (Å²) >= 11 is 0. The highest BCUT2D eigenvalue weighted by atomic mass is 16.5. The van der Waals surface area contributed by atoms with E-state index in [1.54, 1.807) is 18.3 Å². The van der Waals surface area contributed by atoms with Gasteiger partial charge in [-0.1, -0.05) is 18.2 Å². The molecule has 6 nitrogen and oxygen atoms in total. The molecule has 31 heavy (non-hydrogen) atoms. The van der Waals surface area contributed by atoms with Crippen LogP contribution in [0.4, 0.5) is 11.5 Å². The van der Waals surface area contributed by atoms with Crippen LogP contribution in [0, 0.1) is 0 Å². The van der Waals surface area contributed by atoms with Gasteiger partial charge in [0.2, 0.25) is 0 Å². The smallest absolute Gasteiger partial charge is 0.161 e. The highest BCUT2D eigenvalue weighted by molar-refractivity contribution is 5.80. The maximum Gasteiger partial charge on any atom is 0.161 e. The minimum absolute atomic E-state index is 0.0961. The summed E-state index contributed by atoms with van der Waals surface area (Å²) in [5, 5.41) is 9.88. The van der Waals surface area contributed by atoms with Crippen LogP contribution in [0.1, 0.15) is 13.8 Å². The van der Waals surface area contributed by atoms with Crippen LogP contribution in [0.5, 0.6) is 11.5 Å². The Morgan fingerprint density at radius 3 is 2.26 bits per heavy atom. The molecule has 1 aromatic heterocycles. The highest BCUT2D eigenvalue weighted by Gasteiger charge is 2.19. The summed E-state index contributed by atoms with van der Waals surface area (Å²) in [7, 11) is 1.53. The maximum absolute atomic E-state index is 9.88. The van der Waals surface area contributed by atoms with E-state index >= 15 is 0 Å². The van der Waals surface area contributed by atoms with Crippen LogP contribution in [0.3, 0.4) is 0 Å². The first kappa shape index (κ1) is 21.0. The van der Waals surface area contributed by atoms with Crippen LogP contribution < -0.4 is 15.4 Å². The largest absolute Gasteiger partial charge is 0.504 e. The average molecular weight is 419 g/mol. The van der Waals surface area contributed by atoms with Gasteiger partial charge in [0, 0.05) is 55.2 Å². The van der Waals surface area contributed by atoms with E-state index in [2.05, 4.69) is 52.9 Å². The Morgan fingerprint density at radius 1 is 0.935 bits per heavy atom. The summed E-state index contributed by atoms with van der Waals surface area (Å²) < 4.78 is 5.23. The van der Waals surface area contributed by atoms with E-state index in [4.69, 9.17) is 10.5 Å². The lowest BCUT2D eigenvalue weighted by atomic mass is 10.0. The Labute approximate surface area is 183 Å². The molecule has 3 N–H and O–H groups in total. The van der Waals surface area contributed by atoms with Crippen molar-refractivity contribution in [3.63, 3.8) is 0 Å². The fourth-order valence-corrected chi connectivity index (χ4v) is 4.07. The maximum atomic E-state index is 9.88. The van der Waals surface area contributed by atoms with Crippen molar-refractivity contribution in [1.82, 2.24) is 9.88 Å². The number of nitrogen functional groups attached to an aromatic ring is 1. The van der Waals surface area contributed by atoms with Crippen LogP contribution in [0.2, 0.25) is 0 Å². The van der Waals surface area contributed by atoms with Crippen molar-refractivity contribution in [2.75, 3.05) is 43.9 Å². The molecule has 0 bridgehead atoms. The standard InChI is InChI=1S/C25H30N4O2/c1-17(2)28-10-12-29(13-11-28)21-7-4-18(5-8-21)20-14-22(25(26)27-16-20)19-6-9-23(30)24(15-19)31-3/h4-9,14-17,30H,10-13H2,1-3H3,(H2,26,27). The molecule has 4 rings (SSSR count). The molecule has 1 fully saturated rings. The zero-order valence-corrected chi connectivity index (χ0v) is 18.4. The van der Waals surface area contributed by atoms with Gasteiger partial charge in [0.25, 0.3) is 0 Å². The zero-order chi connectivity index (χ0) is 22.0. The number of methoxy groups -OCH3 is 1. The van der Waals surface area contributed by atoms with Crippen LogP contribution in [0.15, 0.2) is 54.7 Å². The van der Waals surface area contributed by atoms with Gasteiger partial charge in [-0.25, -0.2) is 4.98 Å². The lowest BCUT2D eigenvalue weighted by Gasteiger charge is -2.38. The number of piperazine rings is 1. The number of nitrogens with two attached hydrogens (primary N) is 1. The number of anilines is 2. The van der Waals surface area contributed by atoms with Gasteiger partial charge in [-0.15, -0.1) is 0 Å². The second kappa shape index (κ2) is 8.86. The molecule has 1 aliphatic rings. The summed E-state index contributed by atoms with van der Waals surface area (Å²) in [4.78, 5) is 9.37. The number of rotatable bonds is 5. The van der Waals surface area contributed by atoms with Crippen molar-refractivity contribution in [3.05, 3.63) is 54.7 Å². The molecule has 1 aliphatic heterocycles. The topological polar surface area (TPSA) is 74.9 Å². The van der Waals surface area contributed by atoms with Crippen molar-refractivity contribution < 1.29 is 9.84 Å². The molecule has 3 aromatic rings. The van der Waals surface area contributed by atoms with Gasteiger partial charge in [0.15, 0.2) is 11.5 Å². The normalized spacial score (nSPS) is 14.8. The predicted molar refractivity (Wildman–Crippen MR) is 127 cm³/mol. The minimum Gasteiger partial charge on any atom is -0.504 e. The van der Waals surface area contributed by atoms with E-state index in [-0.39, 0.29) is 5.75 Å². The van der Waals surface area contributed by atoms with E-state index in [1.807, 2.05) is 12.1 Å². The van der Waals surface area contributed by atoms with E-state index in [0.717, 1.165) is 48.4 Å². The molecule has 0 aliphatic carbocycles. The van der Waals surface area contributed by atoms with E-state index in [1.165, 1.54) is 12.8 Å². The van der Waals surface area contributed by atoms with Crippen molar-refractivity contribution in [2.45, 2.75) is 19.9 Å². The SMILES string of the molecule is COc1cc(-c2cc(-c3ccc(N4CCN(C(C)C)CC4)cc3)cnc2N)ccc1O. The highest BCUT2D eigenvalue weighted by Crippen LogP contribution is 2.35. The van der Waals surface area contributed by atoms with Crippen LogP contribution in [-0.4, -0.2) is 54.3 Å². The molecular formula is C25H30N4O2. The second-order valence-electron chi connectivity index (χ2n) is 8.21. The third-order valence-corrected chi connectivity index (χ3v) is 6.02. The number of benzene rings is 2. The number of phenolic OH excluding ortho intramolecular Hbond substituents is 1. The Balaban J connectivity index is 1.56. The molecule has 2 heterocycles. The number of pyridine rings is 1. The number of hydrogen-bond acceptors (Lipinski definition) is 6. The Morgan fingerprint density at radius 2 is 1.61 bits per heavy atom. The molecule has 0 spiro atoms. The Bertz CT molecular complexity index is 1040. The van der Waals surface area contributed by atoms with Crippen molar-refractivity contribution in [3.8, 4) is 33.8 Å². The zero-order valence-electron chi connectivity index (χ0n) is 18.4. The quantitative estimate of drug-likeness (QED) is 0.645. The van der Waals surface area contributed by atoms with E-state index < -0.39 is 0 Å². The number of phenols is 1. The number of ether oxygens (including phenoxy) is 1. The third kappa shape index (κ3) is 4.44. The van der Waals surface area contributed by atoms with E-state index in [0.29, 0.717) is 17.6 Å². The summed E-state index contributed by atoms with van der Waals surface area (Å²) in [6, 6.07) is 16.5. The average Bonchev–Trinajstić information content (AvgIpc) is 2.80. The Kier molecular flexibility index (Phi) is 6.00. The Hall–Kier alpha value is -3.25. The van der Waals surface area contributed by atoms with E-state index in [9.17, 15) is 5.11 Å². The number of nitrogens with zero attached hydrogens (tertiary/aromatic N) is 3. The fourth-order valence-electron chi connectivity index (χ4n) is 4.07. The van der Waals surface area contributed by atoms with Gasteiger partial charge in [0.05, 0.1) is 7.11 Å². The van der Waals surface area contributed by atoms with Crippen LogP contribution in [-0.2, 0) is 0 Å². The molecule has 2 aromatic carbocycles. The second-order valence-corrected chi connectivity index (χ2v) is 8.21. The van der Waals surface area contributed by atoms with Crippen molar-refractivity contribution >= 4 is 11.5 Å². The van der Waals surface area contributed by atoms with Gasteiger partial charge in [-0.05, 0) is 55.3 Å². The molecule has 0 unspecified atom stereocenters. The molecule has 1 saturated heterocycles. The number of hydrogen-bond donors (Lipinski definition) is 2. The fraction of sp³-hybridized carbons (Fsp3) is 0.320. The van der Waals surface area contributed by atoms with Gasteiger partial charge in [0.1, 0.15) is 5.82 Å². The molecule has 0 atom stereocenters. The van der Waals surface area contributed by atoms with Gasteiger partial charge >= 0.3 is 0 Å². The summed E-state index contributed by atoms with van der Waals surface area (Å²) in [5.41, 5.74) is 11.1. The molecule has 0 radical (unpaired) electrons. The first-order valence-corrected chi connectivity index (χ1v) is 10.7. The van der Waals surface area contributed by atoms with Crippen molar-refractivity contribution in [2.24, 2.45) is 0 Å². The third-order valence-electron chi connectivity index (χ3n) is 6.02. The molecule has 0 saturated carbocycles. The summed E-state index contributed by atoms with van der Waals surface area (Å²) in [6.45, 7) is 8.81. The molecule has 0 amide bonds. The predicted octanol–water partition coefficient (Wildman–Crippen LogP) is 4.24. The minimum atomic E-state index is 0.0961. The monoisotopic (exact) mass is 418 g/mol. The van der Waals surface area contributed by atoms with Gasteiger partial charge in [-0.3, -0.25) is 4.90 Å². The summed E-state index contributed by atoms with van der Waals surface area (Å²) in [5.74, 6) is 0.944. The van der Waals surface area contributed by atoms with Crippen molar-refractivity contribution in [1.29, 1.82) is 0 Å². The lowest BCUT2D eigenvalue weighted by molar-refractivity contribution is 0.209. The first-order valence-electron chi connectivity index (χ1n) is 10.7. The van der Waals surface area contributed by atoms with Gasteiger partial charge in [-0.2, -0.15) is 0 Å². The molecule has 162 valence electrons. The molecule has 6 heteroatoms. The number of aromatic hydroxyl groups is 1. The van der Waals surface area contributed by atoms with Crippen LogP contribution >= 0.6 is 0 Å². The number of aromatic nitrogens is 1. The van der Waals surface area contributed by atoms with Crippen LogP contribution in [0.25, 0.3) is 22.3 Å². The summed E-state index contributed by atoms with van der Waals surface area (Å²) in [6.07, 6.45) is 1.80. The lowest BCUT2D eigenvalue weighted by Crippen LogP contribution is -2.48. The first-order chi connectivity index (χ1) is 15.0. The molecular weight excluding hydrogens is 388 g/mol. The van der Waals surface area contributed by atoms with Gasteiger partial charge < -0.3 is 20.5 Å².